The van der Waals surface area contributed by atoms with Crippen LogP contribution in [0, 0.1) is 0 Å². The second kappa shape index (κ2) is 7.55. The van der Waals surface area contributed by atoms with Crippen LogP contribution in [-0.4, -0.2) is 21.3 Å². The number of rotatable bonds is 4. The van der Waals surface area contributed by atoms with Gasteiger partial charge in [0.05, 0.1) is 11.2 Å². The fourth-order valence-corrected chi connectivity index (χ4v) is 3.04. The summed E-state index contributed by atoms with van der Waals surface area (Å²) in [6, 6.07) is 20.6. The Kier molecular flexibility index (Phi) is 4.80. The third-order valence-electron chi connectivity index (χ3n) is 3.96. The van der Waals surface area contributed by atoms with Gasteiger partial charge in [0.25, 0.3) is 0 Å². The Morgan fingerprint density at radius 1 is 0.963 bits per heavy atom. The number of aromatic nitrogens is 2. The van der Waals surface area contributed by atoms with Crippen LogP contribution >= 0.6 is 15.9 Å². The number of halogens is 1. The van der Waals surface area contributed by atoms with Gasteiger partial charge in [0.1, 0.15) is 17.9 Å². The van der Waals surface area contributed by atoms with E-state index < -0.39 is 0 Å². The number of anilines is 2. The Morgan fingerprint density at radius 2 is 1.81 bits per heavy atom. The fraction of sp³-hybridized carbons (Fsp3) is 0. The summed E-state index contributed by atoms with van der Waals surface area (Å²) < 4.78 is 0.991. The van der Waals surface area contributed by atoms with Crippen molar-refractivity contribution in [3.05, 3.63) is 83.1 Å². The molecule has 1 aromatic heterocycles. The van der Waals surface area contributed by atoms with Crippen molar-refractivity contribution in [1.29, 1.82) is 0 Å². The van der Waals surface area contributed by atoms with Gasteiger partial charge in [-0.05, 0) is 66.2 Å². The van der Waals surface area contributed by atoms with Gasteiger partial charge in [-0.2, -0.15) is 0 Å². The maximum absolute atomic E-state index is 9.36. The highest BCUT2D eigenvalue weighted by Crippen LogP contribution is 2.27. The minimum Gasteiger partial charge on any atom is -0.508 e. The van der Waals surface area contributed by atoms with Crippen molar-refractivity contribution in [3.8, 4) is 5.75 Å². The van der Waals surface area contributed by atoms with E-state index >= 15 is 0 Å². The standard InChI is InChI=1S/C21H15BrN4O/c22-15-2-1-3-17(10-15)26-21-19-11-16(6-9-20(19)24-13-25-21)23-12-14-4-7-18(27)8-5-14/h1-13,27H,(H,24,25,26). The predicted octanol–water partition coefficient (Wildman–Crippen LogP) is 5.59. The molecule has 1 heterocycles. The van der Waals surface area contributed by atoms with Crippen molar-refractivity contribution in [3.63, 3.8) is 0 Å². The molecule has 132 valence electrons. The second-order valence-electron chi connectivity index (χ2n) is 5.91. The van der Waals surface area contributed by atoms with Crippen molar-refractivity contribution in [2.45, 2.75) is 0 Å². The quantitative estimate of drug-likeness (QED) is 0.423. The largest absolute Gasteiger partial charge is 0.508 e. The number of phenols is 1. The average Bonchev–Trinajstić information content (AvgIpc) is 2.68. The highest BCUT2D eigenvalue weighted by Gasteiger charge is 2.05. The molecule has 0 aliphatic carbocycles. The van der Waals surface area contributed by atoms with Gasteiger partial charge in [-0.1, -0.05) is 22.0 Å². The van der Waals surface area contributed by atoms with E-state index in [0.717, 1.165) is 38.1 Å². The first-order valence-corrected chi connectivity index (χ1v) is 9.07. The lowest BCUT2D eigenvalue weighted by molar-refractivity contribution is 0.475. The highest BCUT2D eigenvalue weighted by atomic mass is 79.9. The number of fused-ring (bicyclic) bond motifs is 1. The van der Waals surface area contributed by atoms with Crippen LogP contribution in [0.5, 0.6) is 5.75 Å². The number of phenolic OH excluding ortho intramolecular Hbond substituents is 1. The van der Waals surface area contributed by atoms with Crippen LogP contribution in [0.15, 0.2) is 82.5 Å². The van der Waals surface area contributed by atoms with E-state index in [1.54, 1.807) is 24.7 Å². The molecule has 0 atom stereocenters. The molecule has 4 aromatic rings. The van der Waals surface area contributed by atoms with E-state index in [1.165, 1.54) is 0 Å². The van der Waals surface area contributed by atoms with E-state index in [-0.39, 0.29) is 5.75 Å². The molecule has 0 radical (unpaired) electrons. The smallest absolute Gasteiger partial charge is 0.141 e. The number of aliphatic imine (C=N–C) groups is 1. The zero-order valence-corrected chi connectivity index (χ0v) is 15.8. The van der Waals surface area contributed by atoms with Crippen molar-refractivity contribution < 1.29 is 5.11 Å². The third kappa shape index (κ3) is 4.12. The van der Waals surface area contributed by atoms with Crippen molar-refractivity contribution in [2.75, 3.05) is 5.32 Å². The summed E-state index contributed by atoms with van der Waals surface area (Å²) in [5.74, 6) is 0.957. The number of nitrogens with zero attached hydrogens (tertiary/aromatic N) is 3. The normalized spacial score (nSPS) is 11.1. The Balaban J connectivity index is 1.67. The predicted molar refractivity (Wildman–Crippen MR) is 112 cm³/mol. The van der Waals surface area contributed by atoms with Crippen LogP contribution in [-0.2, 0) is 0 Å². The minimum absolute atomic E-state index is 0.235. The molecule has 6 heteroatoms. The van der Waals surface area contributed by atoms with Crippen LogP contribution in [0.2, 0.25) is 0 Å². The van der Waals surface area contributed by atoms with Crippen LogP contribution in [0.1, 0.15) is 5.56 Å². The molecule has 27 heavy (non-hydrogen) atoms. The van der Waals surface area contributed by atoms with Gasteiger partial charge >= 0.3 is 0 Å². The topological polar surface area (TPSA) is 70.4 Å². The van der Waals surface area contributed by atoms with Gasteiger partial charge in [-0.15, -0.1) is 0 Å². The summed E-state index contributed by atoms with van der Waals surface area (Å²) in [6.45, 7) is 0. The minimum atomic E-state index is 0.235. The zero-order valence-electron chi connectivity index (χ0n) is 14.2. The zero-order chi connectivity index (χ0) is 18.6. The van der Waals surface area contributed by atoms with Crippen molar-refractivity contribution in [2.24, 2.45) is 4.99 Å². The van der Waals surface area contributed by atoms with E-state index in [0.29, 0.717) is 0 Å². The lowest BCUT2D eigenvalue weighted by Crippen LogP contribution is -1.95. The van der Waals surface area contributed by atoms with E-state index in [1.807, 2.05) is 54.6 Å². The van der Waals surface area contributed by atoms with Gasteiger partial charge < -0.3 is 10.4 Å². The second-order valence-corrected chi connectivity index (χ2v) is 6.82. The molecule has 0 unspecified atom stereocenters. The summed E-state index contributed by atoms with van der Waals surface area (Å²) in [6.07, 6.45) is 3.30. The molecule has 0 amide bonds. The summed E-state index contributed by atoms with van der Waals surface area (Å²) in [5, 5.41) is 13.6. The molecule has 0 bridgehead atoms. The SMILES string of the molecule is Oc1ccc(C=Nc2ccc3ncnc(Nc4cccc(Br)c4)c3c2)cc1. The summed E-state index contributed by atoms with van der Waals surface area (Å²) >= 11 is 3.48. The molecule has 0 aliphatic heterocycles. The van der Waals surface area contributed by atoms with Crippen LogP contribution < -0.4 is 5.32 Å². The first-order chi connectivity index (χ1) is 13.2. The first kappa shape index (κ1) is 17.2. The summed E-state index contributed by atoms with van der Waals surface area (Å²) in [5.41, 5.74) is 3.47. The third-order valence-corrected chi connectivity index (χ3v) is 4.46. The molecule has 0 spiro atoms. The molecular formula is C21H15BrN4O. The maximum Gasteiger partial charge on any atom is 0.141 e. The highest BCUT2D eigenvalue weighted by molar-refractivity contribution is 9.10. The lowest BCUT2D eigenvalue weighted by atomic mass is 10.2. The molecule has 3 aromatic carbocycles. The molecule has 0 saturated heterocycles. The van der Waals surface area contributed by atoms with E-state index in [9.17, 15) is 5.11 Å². The lowest BCUT2D eigenvalue weighted by Gasteiger charge is -2.09. The molecular weight excluding hydrogens is 404 g/mol. The first-order valence-electron chi connectivity index (χ1n) is 8.28. The number of nitrogens with one attached hydrogen (secondary N) is 1. The Bertz CT molecular complexity index is 1130. The van der Waals surface area contributed by atoms with Gasteiger partial charge in [-0.25, -0.2) is 9.97 Å². The Morgan fingerprint density at radius 3 is 2.63 bits per heavy atom. The fourth-order valence-electron chi connectivity index (χ4n) is 2.64. The Labute approximate surface area is 164 Å². The molecule has 4 rings (SSSR count). The van der Waals surface area contributed by atoms with E-state index in [4.69, 9.17) is 0 Å². The number of hydrogen-bond acceptors (Lipinski definition) is 5. The van der Waals surface area contributed by atoms with Crippen LogP contribution in [0.3, 0.4) is 0 Å². The van der Waals surface area contributed by atoms with Gasteiger partial charge in [-0.3, -0.25) is 4.99 Å². The van der Waals surface area contributed by atoms with Crippen LogP contribution in [0.4, 0.5) is 17.2 Å². The number of benzene rings is 3. The average molecular weight is 419 g/mol. The van der Waals surface area contributed by atoms with Crippen LogP contribution in [0.25, 0.3) is 10.9 Å². The van der Waals surface area contributed by atoms with Gasteiger partial charge in [0.15, 0.2) is 0 Å². The van der Waals surface area contributed by atoms with E-state index in [2.05, 4.69) is 36.2 Å². The monoisotopic (exact) mass is 418 g/mol. The molecule has 2 N–H and O–H groups in total. The summed E-state index contributed by atoms with van der Waals surface area (Å²) in [4.78, 5) is 13.2. The molecule has 0 saturated carbocycles. The molecule has 0 fully saturated rings. The maximum atomic E-state index is 9.36. The van der Waals surface area contributed by atoms with Gasteiger partial charge in [0, 0.05) is 21.8 Å². The van der Waals surface area contributed by atoms with Gasteiger partial charge in [0.2, 0.25) is 0 Å². The number of hydrogen-bond donors (Lipinski definition) is 2. The summed E-state index contributed by atoms with van der Waals surface area (Å²) in [7, 11) is 0. The molecule has 5 nitrogen and oxygen atoms in total. The van der Waals surface area contributed by atoms with Crippen molar-refractivity contribution >= 4 is 50.2 Å². The Hall–Kier alpha value is -3.25. The van der Waals surface area contributed by atoms with Crippen molar-refractivity contribution in [1.82, 2.24) is 9.97 Å². The number of aromatic hydroxyl groups is 1. The molecule has 0 aliphatic rings.